The normalized spacial score (nSPS) is 12.9. The summed E-state index contributed by atoms with van der Waals surface area (Å²) >= 11 is 0. The zero-order valence-electron chi connectivity index (χ0n) is 8.89. The lowest BCUT2D eigenvalue weighted by Gasteiger charge is -2.07. The van der Waals surface area contributed by atoms with E-state index in [0.717, 1.165) is 24.8 Å². The van der Waals surface area contributed by atoms with E-state index in [4.69, 9.17) is 5.73 Å². The highest BCUT2D eigenvalue weighted by Crippen LogP contribution is 2.13. The Hall–Kier alpha value is -0.890. The van der Waals surface area contributed by atoms with Crippen molar-refractivity contribution >= 4 is 0 Å². The van der Waals surface area contributed by atoms with Gasteiger partial charge in [0.15, 0.2) is 0 Å². The molecule has 0 aliphatic carbocycles. The Labute approximate surface area is 85.1 Å². The lowest BCUT2D eigenvalue weighted by Crippen LogP contribution is -2.14. The van der Waals surface area contributed by atoms with E-state index in [1.54, 1.807) is 6.07 Å². The molecule has 0 fully saturated rings. The Balaban J connectivity index is 2.51. The average Bonchev–Trinajstić information content (AvgIpc) is 2.08. The number of hydrogen-bond donors (Lipinski definition) is 1. The van der Waals surface area contributed by atoms with Gasteiger partial charge in [0, 0.05) is 6.04 Å². The third-order valence-corrected chi connectivity index (χ3v) is 2.41. The molecule has 0 saturated carbocycles. The van der Waals surface area contributed by atoms with Crippen LogP contribution in [0.25, 0.3) is 0 Å². The molecule has 1 unspecified atom stereocenters. The Kier molecular flexibility index (Phi) is 4.08. The summed E-state index contributed by atoms with van der Waals surface area (Å²) in [6.07, 6.45) is 3.09. The Morgan fingerprint density at radius 1 is 1.43 bits per heavy atom. The summed E-state index contributed by atoms with van der Waals surface area (Å²) in [6.45, 7) is 3.96. The van der Waals surface area contributed by atoms with Crippen LogP contribution in [-0.4, -0.2) is 6.04 Å². The summed E-state index contributed by atoms with van der Waals surface area (Å²) in [4.78, 5) is 0. The molecule has 78 valence electrons. The van der Waals surface area contributed by atoms with Crippen LogP contribution in [0.4, 0.5) is 4.39 Å². The van der Waals surface area contributed by atoms with Crippen LogP contribution in [0.2, 0.25) is 0 Å². The molecule has 1 atom stereocenters. The molecular weight excluding hydrogens is 177 g/mol. The molecule has 2 N–H and O–H groups in total. The zero-order valence-corrected chi connectivity index (χ0v) is 8.89. The Morgan fingerprint density at radius 3 is 2.71 bits per heavy atom. The van der Waals surface area contributed by atoms with Crippen LogP contribution in [-0.2, 0) is 6.42 Å². The largest absolute Gasteiger partial charge is 0.328 e. The zero-order chi connectivity index (χ0) is 10.6. The van der Waals surface area contributed by atoms with Gasteiger partial charge in [0.25, 0.3) is 0 Å². The third-order valence-electron chi connectivity index (χ3n) is 2.41. The second-order valence-corrected chi connectivity index (χ2v) is 3.94. The minimum Gasteiger partial charge on any atom is -0.328 e. The second-order valence-electron chi connectivity index (χ2n) is 3.94. The number of benzene rings is 1. The van der Waals surface area contributed by atoms with Gasteiger partial charge in [-0.25, -0.2) is 4.39 Å². The number of nitrogens with two attached hydrogens (primary N) is 1. The molecular formula is C12H18FN. The quantitative estimate of drug-likeness (QED) is 0.785. The van der Waals surface area contributed by atoms with Gasteiger partial charge in [0.1, 0.15) is 5.82 Å². The fourth-order valence-electron chi connectivity index (χ4n) is 1.55. The molecule has 0 bridgehead atoms. The topological polar surface area (TPSA) is 26.0 Å². The van der Waals surface area contributed by atoms with E-state index in [0.29, 0.717) is 0 Å². The molecule has 0 aromatic heterocycles. The van der Waals surface area contributed by atoms with E-state index < -0.39 is 0 Å². The summed E-state index contributed by atoms with van der Waals surface area (Å²) in [5, 5.41) is 0. The second kappa shape index (κ2) is 5.11. The molecule has 2 heteroatoms. The first-order chi connectivity index (χ1) is 6.59. The molecule has 1 aromatic rings. The van der Waals surface area contributed by atoms with Gasteiger partial charge in [-0.2, -0.15) is 0 Å². The average molecular weight is 195 g/mol. The van der Waals surface area contributed by atoms with Crippen molar-refractivity contribution in [2.45, 2.75) is 39.2 Å². The van der Waals surface area contributed by atoms with Crippen molar-refractivity contribution in [1.82, 2.24) is 0 Å². The first-order valence-electron chi connectivity index (χ1n) is 5.10. The highest BCUT2D eigenvalue weighted by molar-refractivity contribution is 5.26. The van der Waals surface area contributed by atoms with Gasteiger partial charge in [-0.05, 0) is 56.4 Å². The van der Waals surface area contributed by atoms with Crippen LogP contribution in [0.5, 0.6) is 0 Å². The molecule has 0 spiro atoms. The van der Waals surface area contributed by atoms with Crippen molar-refractivity contribution < 1.29 is 4.39 Å². The van der Waals surface area contributed by atoms with Crippen molar-refractivity contribution in [3.05, 3.63) is 35.1 Å². The lowest BCUT2D eigenvalue weighted by atomic mass is 10.0. The van der Waals surface area contributed by atoms with Gasteiger partial charge in [-0.3, -0.25) is 0 Å². The predicted octanol–water partition coefficient (Wildman–Crippen LogP) is 2.80. The summed E-state index contributed by atoms with van der Waals surface area (Å²) in [5.74, 6) is -0.154. The van der Waals surface area contributed by atoms with Crippen LogP contribution in [0.3, 0.4) is 0 Å². The third kappa shape index (κ3) is 3.46. The first kappa shape index (κ1) is 11.2. The van der Waals surface area contributed by atoms with Gasteiger partial charge >= 0.3 is 0 Å². The lowest BCUT2D eigenvalue weighted by molar-refractivity contribution is 0.615. The van der Waals surface area contributed by atoms with E-state index >= 15 is 0 Å². The molecule has 0 amide bonds. The molecule has 0 radical (unpaired) electrons. The van der Waals surface area contributed by atoms with Crippen molar-refractivity contribution in [1.29, 1.82) is 0 Å². The summed E-state index contributed by atoms with van der Waals surface area (Å²) in [7, 11) is 0. The molecule has 1 rings (SSSR count). The Morgan fingerprint density at radius 2 is 2.14 bits per heavy atom. The number of rotatable bonds is 4. The van der Waals surface area contributed by atoms with Crippen molar-refractivity contribution in [3.63, 3.8) is 0 Å². The molecule has 0 saturated heterocycles. The van der Waals surface area contributed by atoms with Crippen LogP contribution < -0.4 is 5.73 Å². The maximum Gasteiger partial charge on any atom is 0.123 e. The molecule has 0 aliphatic rings. The number of aryl methyl sites for hydroxylation is 2. The smallest absolute Gasteiger partial charge is 0.123 e. The fourth-order valence-corrected chi connectivity index (χ4v) is 1.55. The number of halogens is 1. The molecule has 0 heterocycles. The summed E-state index contributed by atoms with van der Waals surface area (Å²) in [6, 6.07) is 5.23. The SMILES string of the molecule is Cc1cc(F)ccc1CCCC(C)N. The maximum absolute atomic E-state index is 12.8. The Bertz CT molecular complexity index is 294. The standard InChI is InChI=1S/C12H18FN/c1-9-8-12(13)7-6-11(9)5-3-4-10(2)14/h6-8,10H,3-5,14H2,1-2H3. The van der Waals surface area contributed by atoms with Crippen LogP contribution in [0.15, 0.2) is 18.2 Å². The van der Waals surface area contributed by atoms with Gasteiger partial charge in [-0.15, -0.1) is 0 Å². The van der Waals surface area contributed by atoms with Gasteiger partial charge in [0.05, 0.1) is 0 Å². The van der Waals surface area contributed by atoms with Crippen molar-refractivity contribution in [3.8, 4) is 0 Å². The monoisotopic (exact) mass is 195 g/mol. The van der Waals surface area contributed by atoms with Crippen molar-refractivity contribution in [2.75, 3.05) is 0 Å². The van der Waals surface area contributed by atoms with E-state index in [9.17, 15) is 4.39 Å². The van der Waals surface area contributed by atoms with Crippen LogP contribution in [0, 0.1) is 12.7 Å². The van der Waals surface area contributed by atoms with E-state index in [1.807, 2.05) is 19.9 Å². The minimum absolute atomic E-state index is 0.154. The van der Waals surface area contributed by atoms with Crippen LogP contribution in [0.1, 0.15) is 30.9 Å². The van der Waals surface area contributed by atoms with Crippen molar-refractivity contribution in [2.24, 2.45) is 5.73 Å². The summed E-state index contributed by atoms with van der Waals surface area (Å²) in [5.41, 5.74) is 7.92. The predicted molar refractivity (Wildman–Crippen MR) is 57.7 cm³/mol. The molecule has 0 aliphatic heterocycles. The summed E-state index contributed by atoms with van der Waals surface area (Å²) < 4.78 is 12.8. The molecule has 1 nitrogen and oxygen atoms in total. The van der Waals surface area contributed by atoms with Gasteiger partial charge in [0.2, 0.25) is 0 Å². The fraction of sp³-hybridized carbons (Fsp3) is 0.500. The van der Waals surface area contributed by atoms with E-state index in [1.165, 1.54) is 11.6 Å². The highest BCUT2D eigenvalue weighted by atomic mass is 19.1. The highest BCUT2D eigenvalue weighted by Gasteiger charge is 2.01. The van der Waals surface area contributed by atoms with E-state index in [2.05, 4.69) is 0 Å². The number of hydrogen-bond acceptors (Lipinski definition) is 1. The van der Waals surface area contributed by atoms with Crippen LogP contribution >= 0.6 is 0 Å². The first-order valence-corrected chi connectivity index (χ1v) is 5.10. The van der Waals surface area contributed by atoms with Gasteiger partial charge < -0.3 is 5.73 Å². The minimum atomic E-state index is -0.154. The van der Waals surface area contributed by atoms with Gasteiger partial charge in [-0.1, -0.05) is 6.07 Å². The maximum atomic E-state index is 12.8. The molecule has 14 heavy (non-hydrogen) atoms. The molecule has 1 aromatic carbocycles. The van der Waals surface area contributed by atoms with E-state index in [-0.39, 0.29) is 11.9 Å².